The van der Waals surface area contributed by atoms with Crippen molar-refractivity contribution < 1.29 is 18.9 Å². The van der Waals surface area contributed by atoms with E-state index in [0.717, 1.165) is 22.7 Å². The molecular formula is C19H12N4O4S2. The number of hydrogen-bond acceptors (Lipinski definition) is 10. The lowest BCUT2D eigenvalue weighted by atomic mass is 10.0. The largest absolute Gasteiger partial charge is 0.345 e. The highest BCUT2D eigenvalue weighted by molar-refractivity contribution is 7.23. The van der Waals surface area contributed by atoms with Gasteiger partial charge in [-0.15, -0.1) is 22.7 Å². The van der Waals surface area contributed by atoms with Gasteiger partial charge in [0, 0.05) is 0 Å². The molecule has 2 aromatic rings. The SMILES string of the molecule is CC1(c2sc(-c3sc(C4OCCO4)c(C#N)c3C#N)c(C#N)c2C#N)OCCO1. The zero-order valence-electron chi connectivity index (χ0n) is 15.1. The molecule has 4 rings (SSSR count). The predicted octanol–water partition coefficient (Wildman–Crippen LogP) is 3.23. The van der Waals surface area contributed by atoms with Crippen molar-refractivity contribution >= 4 is 22.7 Å². The lowest BCUT2D eigenvalue weighted by Crippen LogP contribution is -2.22. The van der Waals surface area contributed by atoms with Crippen LogP contribution in [0.25, 0.3) is 9.75 Å². The zero-order valence-corrected chi connectivity index (χ0v) is 16.8. The lowest BCUT2D eigenvalue weighted by Gasteiger charge is -2.20. The molecule has 0 amide bonds. The Balaban J connectivity index is 1.95. The summed E-state index contributed by atoms with van der Waals surface area (Å²) >= 11 is 2.32. The molecule has 29 heavy (non-hydrogen) atoms. The molecule has 2 aliphatic rings. The van der Waals surface area contributed by atoms with E-state index in [9.17, 15) is 21.0 Å². The molecule has 2 saturated heterocycles. The van der Waals surface area contributed by atoms with Gasteiger partial charge in [-0.25, -0.2) is 0 Å². The summed E-state index contributed by atoms with van der Waals surface area (Å²) in [6, 6.07) is 8.26. The van der Waals surface area contributed by atoms with Crippen LogP contribution in [0.15, 0.2) is 0 Å². The van der Waals surface area contributed by atoms with Gasteiger partial charge in [-0.2, -0.15) is 21.0 Å². The standard InChI is InChI=1S/C19H12N4O4S2/c1-19(26-4-5-27-19)17-13(9-23)12(8-22)15(29-17)14-10(6-20)11(7-21)16(28-14)18-24-2-3-25-18/h18H,2-5H2,1H3. The van der Waals surface area contributed by atoms with Crippen molar-refractivity contribution in [3.05, 3.63) is 32.0 Å². The van der Waals surface area contributed by atoms with Crippen molar-refractivity contribution in [3.8, 4) is 34.0 Å². The third-order valence-corrected chi connectivity index (χ3v) is 7.33. The number of nitrogens with zero attached hydrogens (tertiary/aromatic N) is 4. The molecule has 0 aliphatic carbocycles. The van der Waals surface area contributed by atoms with Crippen molar-refractivity contribution in [2.24, 2.45) is 0 Å². The molecule has 4 heterocycles. The summed E-state index contributed by atoms with van der Waals surface area (Å²) in [5.74, 6) is -1.14. The third-order valence-electron chi connectivity index (χ3n) is 4.58. The Bertz CT molecular complexity index is 1140. The monoisotopic (exact) mass is 424 g/mol. The molecular weight excluding hydrogens is 412 g/mol. The minimum Gasteiger partial charge on any atom is -0.345 e. The molecule has 0 aromatic carbocycles. The summed E-state index contributed by atoms with van der Waals surface area (Å²) in [5, 5.41) is 38.9. The van der Waals surface area contributed by atoms with Crippen LogP contribution >= 0.6 is 22.7 Å². The summed E-state index contributed by atoms with van der Waals surface area (Å²) in [4.78, 5) is 1.81. The molecule has 0 radical (unpaired) electrons. The maximum Gasteiger partial charge on any atom is 0.202 e. The molecule has 0 N–H and O–H groups in total. The van der Waals surface area contributed by atoms with Gasteiger partial charge in [0.05, 0.1) is 68.2 Å². The van der Waals surface area contributed by atoms with Gasteiger partial charge in [-0.3, -0.25) is 0 Å². The molecule has 8 nitrogen and oxygen atoms in total. The molecule has 0 bridgehead atoms. The second kappa shape index (κ2) is 7.55. The van der Waals surface area contributed by atoms with Gasteiger partial charge in [-0.05, 0) is 6.92 Å². The first kappa shape index (κ1) is 19.5. The Labute approximate surface area is 174 Å². The topological polar surface area (TPSA) is 132 Å². The predicted molar refractivity (Wildman–Crippen MR) is 100 cm³/mol. The van der Waals surface area contributed by atoms with Crippen LogP contribution in [-0.2, 0) is 24.7 Å². The average Bonchev–Trinajstić information content (AvgIpc) is 3.50. The zero-order chi connectivity index (χ0) is 20.6. The van der Waals surface area contributed by atoms with E-state index in [1.807, 2.05) is 0 Å². The van der Waals surface area contributed by atoms with E-state index in [0.29, 0.717) is 45.9 Å². The van der Waals surface area contributed by atoms with Crippen LogP contribution in [0.3, 0.4) is 0 Å². The number of rotatable bonds is 3. The Morgan fingerprint density at radius 2 is 1.28 bits per heavy atom. The van der Waals surface area contributed by atoms with Crippen LogP contribution in [-0.4, -0.2) is 26.4 Å². The average molecular weight is 424 g/mol. The van der Waals surface area contributed by atoms with Crippen LogP contribution in [0, 0.1) is 45.3 Å². The maximum atomic E-state index is 9.77. The highest BCUT2D eigenvalue weighted by atomic mass is 32.1. The fourth-order valence-electron chi connectivity index (χ4n) is 3.27. The van der Waals surface area contributed by atoms with Crippen molar-refractivity contribution in [2.45, 2.75) is 19.0 Å². The molecule has 2 aliphatic heterocycles. The molecule has 0 atom stereocenters. The summed E-state index contributed by atoms with van der Waals surface area (Å²) in [7, 11) is 0. The fraction of sp³-hybridized carbons (Fsp3) is 0.368. The van der Waals surface area contributed by atoms with Crippen LogP contribution in [0.2, 0.25) is 0 Å². The molecule has 2 aromatic heterocycles. The van der Waals surface area contributed by atoms with E-state index >= 15 is 0 Å². The molecule has 2 fully saturated rings. The third kappa shape index (κ3) is 3.00. The van der Waals surface area contributed by atoms with Crippen molar-refractivity contribution in [1.82, 2.24) is 0 Å². The van der Waals surface area contributed by atoms with E-state index in [-0.39, 0.29) is 22.3 Å². The van der Waals surface area contributed by atoms with Gasteiger partial charge in [0.15, 0.2) is 6.29 Å². The Morgan fingerprint density at radius 3 is 1.83 bits per heavy atom. The minimum absolute atomic E-state index is 0.134. The smallest absolute Gasteiger partial charge is 0.202 e. The van der Waals surface area contributed by atoms with E-state index in [1.54, 1.807) is 6.92 Å². The lowest BCUT2D eigenvalue weighted by molar-refractivity contribution is -0.147. The molecule has 0 unspecified atom stereocenters. The van der Waals surface area contributed by atoms with Crippen LogP contribution in [0.4, 0.5) is 0 Å². The molecule has 0 spiro atoms. The molecule has 10 heteroatoms. The van der Waals surface area contributed by atoms with Gasteiger partial charge in [0.2, 0.25) is 5.79 Å². The first-order valence-corrected chi connectivity index (χ1v) is 10.2. The van der Waals surface area contributed by atoms with Crippen LogP contribution in [0.1, 0.15) is 45.2 Å². The summed E-state index contributed by atoms with van der Waals surface area (Å²) in [6.07, 6.45) is -0.727. The van der Waals surface area contributed by atoms with E-state index in [4.69, 9.17) is 18.9 Å². The Kier molecular flexibility index (Phi) is 5.08. The fourth-order valence-corrected chi connectivity index (χ4v) is 5.87. The highest BCUT2D eigenvalue weighted by Gasteiger charge is 2.40. The van der Waals surface area contributed by atoms with Gasteiger partial charge >= 0.3 is 0 Å². The van der Waals surface area contributed by atoms with Gasteiger partial charge in [0.25, 0.3) is 0 Å². The van der Waals surface area contributed by atoms with Crippen LogP contribution < -0.4 is 0 Å². The van der Waals surface area contributed by atoms with Gasteiger partial charge in [-0.1, -0.05) is 0 Å². The molecule has 144 valence electrons. The Hall–Kier alpha value is -2.80. The number of ether oxygens (including phenoxy) is 4. The maximum absolute atomic E-state index is 9.77. The quantitative estimate of drug-likeness (QED) is 0.733. The van der Waals surface area contributed by atoms with E-state index in [1.165, 1.54) is 0 Å². The number of hydrogen-bond donors (Lipinski definition) is 0. The van der Waals surface area contributed by atoms with Crippen molar-refractivity contribution in [2.75, 3.05) is 26.4 Å². The van der Waals surface area contributed by atoms with E-state index < -0.39 is 12.1 Å². The second-order valence-corrected chi connectivity index (χ2v) is 8.29. The van der Waals surface area contributed by atoms with Crippen LogP contribution in [0.5, 0.6) is 0 Å². The van der Waals surface area contributed by atoms with Gasteiger partial charge < -0.3 is 18.9 Å². The van der Waals surface area contributed by atoms with E-state index in [2.05, 4.69) is 24.3 Å². The highest BCUT2D eigenvalue weighted by Crippen LogP contribution is 2.49. The summed E-state index contributed by atoms with van der Waals surface area (Å²) < 4.78 is 22.4. The second-order valence-electron chi connectivity index (χ2n) is 6.22. The Morgan fingerprint density at radius 1 is 0.759 bits per heavy atom. The van der Waals surface area contributed by atoms with Gasteiger partial charge in [0.1, 0.15) is 24.3 Å². The first-order chi connectivity index (χ1) is 14.1. The number of nitriles is 4. The first-order valence-electron chi connectivity index (χ1n) is 8.53. The van der Waals surface area contributed by atoms with Crippen molar-refractivity contribution in [3.63, 3.8) is 0 Å². The minimum atomic E-state index is -1.14. The summed E-state index contributed by atoms with van der Waals surface area (Å²) in [6.45, 7) is 3.23. The molecule has 0 saturated carbocycles. The summed E-state index contributed by atoms with van der Waals surface area (Å²) in [5.41, 5.74) is 0.590. The number of thiophene rings is 2. The van der Waals surface area contributed by atoms with Crippen molar-refractivity contribution in [1.29, 1.82) is 21.0 Å². The normalized spacial score (nSPS) is 18.1.